The van der Waals surface area contributed by atoms with E-state index in [1.165, 1.54) is 11.8 Å². The van der Waals surface area contributed by atoms with Crippen LogP contribution in [0.25, 0.3) is 0 Å². The topological polar surface area (TPSA) is 78.5 Å². The third-order valence-electron chi connectivity index (χ3n) is 6.83. The molecule has 2 atom stereocenters. The van der Waals surface area contributed by atoms with E-state index >= 15 is 0 Å². The van der Waals surface area contributed by atoms with Gasteiger partial charge < -0.3 is 15.5 Å². The zero-order chi connectivity index (χ0) is 26.0. The van der Waals surface area contributed by atoms with Crippen LogP contribution in [0.2, 0.25) is 0 Å². The van der Waals surface area contributed by atoms with Gasteiger partial charge in [0.2, 0.25) is 17.7 Å². The van der Waals surface area contributed by atoms with Gasteiger partial charge in [0, 0.05) is 37.4 Å². The molecule has 0 radical (unpaired) electrons. The van der Waals surface area contributed by atoms with Gasteiger partial charge in [-0.3, -0.25) is 14.4 Å². The predicted octanol–water partition coefficient (Wildman–Crippen LogP) is 5.41. The van der Waals surface area contributed by atoms with Crippen LogP contribution in [0.4, 0.5) is 5.69 Å². The number of fused-ring (bicyclic) bond motifs is 1. The Morgan fingerprint density at radius 3 is 2.51 bits per heavy atom. The summed E-state index contributed by atoms with van der Waals surface area (Å²) in [6, 6.07) is 7.82. The molecule has 196 valence electrons. The van der Waals surface area contributed by atoms with Crippen molar-refractivity contribution in [3.05, 3.63) is 24.3 Å². The van der Waals surface area contributed by atoms with Crippen molar-refractivity contribution in [2.45, 2.75) is 89.7 Å². The van der Waals surface area contributed by atoms with Crippen LogP contribution in [0.15, 0.2) is 29.2 Å². The predicted molar refractivity (Wildman–Crippen MR) is 146 cm³/mol. The van der Waals surface area contributed by atoms with E-state index in [-0.39, 0.29) is 34.3 Å². The third-order valence-corrected chi connectivity index (χ3v) is 8.08. The molecule has 1 aromatic carbocycles. The molecular formula is C28H45N3O3S. The van der Waals surface area contributed by atoms with E-state index in [1.54, 1.807) is 11.9 Å². The number of unbranched alkanes of at least 4 members (excludes halogenated alkanes) is 2. The lowest BCUT2D eigenvalue weighted by Gasteiger charge is -2.35. The molecule has 0 bridgehead atoms. The molecule has 0 saturated heterocycles. The monoisotopic (exact) mass is 503 g/mol. The Hall–Kier alpha value is -2.02. The van der Waals surface area contributed by atoms with Gasteiger partial charge in [-0.25, -0.2) is 0 Å². The highest BCUT2D eigenvalue weighted by Gasteiger charge is 2.34. The summed E-state index contributed by atoms with van der Waals surface area (Å²) in [5.74, 6) is 0.541. The van der Waals surface area contributed by atoms with Gasteiger partial charge in [0.15, 0.2) is 0 Å². The highest BCUT2D eigenvalue weighted by atomic mass is 32.2. The van der Waals surface area contributed by atoms with E-state index < -0.39 is 0 Å². The molecule has 1 aliphatic heterocycles. The van der Waals surface area contributed by atoms with E-state index in [0.717, 1.165) is 55.7 Å². The lowest BCUT2D eigenvalue weighted by Crippen LogP contribution is -2.46. The van der Waals surface area contributed by atoms with Crippen molar-refractivity contribution >= 4 is 35.2 Å². The zero-order valence-electron chi connectivity index (χ0n) is 22.5. The molecule has 2 N–H and O–H groups in total. The number of thioether (sulfide) groups is 1. The van der Waals surface area contributed by atoms with Crippen LogP contribution in [0, 0.1) is 17.3 Å². The Morgan fingerprint density at radius 1 is 1.14 bits per heavy atom. The van der Waals surface area contributed by atoms with Gasteiger partial charge in [0.1, 0.15) is 5.25 Å². The number of carbonyl (C=O) groups is 3. The molecule has 0 spiro atoms. The van der Waals surface area contributed by atoms with Crippen LogP contribution >= 0.6 is 11.8 Å². The number of nitrogens with zero attached hydrogens (tertiary/aromatic N) is 1. The normalized spacial score (nSPS) is 16.5. The molecule has 0 saturated carbocycles. The van der Waals surface area contributed by atoms with Gasteiger partial charge in [-0.2, -0.15) is 0 Å². The van der Waals surface area contributed by atoms with Gasteiger partial charge in [0.25, 0.3) is 0 Å². The second-order valence-electron chi connectivity index (χ2n) is 10.8. The Labute approximate surface area is 216 Å². The van der Waals surface area contributed by atoms with Crippen molar-refractivity contribution < 1.29 is 14.4 Å². The number of para-hydroxylation sites is 1. The number of anilines is 1. The standard InChI is InChI=1S/C28H45N3O3S/c1-7-8-17-30-26(33)21(20(2)3)13-11-12-16-28(4,5)18-25(32)31-19-24(27(34)29-6)35-23-15-10-9-14-22(23)31/h9-10,14-15,20-21,24H,7-8,11-13,16-19H2,1-6H3,(H,29,34)(H,30,33)/t21-,24?/m0/s1. The van der Waals surface area contributed by atoms with E-state index in [4.69, 9.17) is 0 Å². The number of hydrogen-bond acceptors (Lipinski definition) is 4. The molecular weight excluding hydrogens is 458 g/mol. The van der Waals surface area contributed by atoms with Gasteiger partial charge in [-0.05, 0) is 42.7 Å². The summed E-state index contributed by atoms with van der Waals surface area (Å²) < 4.78 is 0. The summed E-state index contributed by atoms with van der Waals surface area (Å²) in [6.45, 7) is 11.8. The summed E-state index contributed by atoms with van der Waals surface area (Å²) in [7, 11) is 1.64. The molecule has 0 fully saturated rings. The summed E-state index contributed by atoms with van der Waals surface area (Å²) in [5, 5.41) is 5.50. The Bertz CT molecular complexity index is 856. The highest BCUT2D eigenvalue weighted by molar-refractivity contribution is 8.00. The highest BCUT2D eigenvalue weighted by Crippen LogP contribution is 2.40. The van der Waals surface area contributed by atoms with E-state index in [1.807, 2.05) is 24.3 Å². The van der Waals surface area contributed by atoms with E-state index in [2.05, 4.69) is 45.3 Å². The maximum Gasteiger partial charge on any atom is 0.235 e. The molecule has 0 aliphatic carbocycles. The van der Waals surface area contributed by atoms with Crippen LogP contribution < -0.4 is 15.5 Å². The molecule has 35 heavy (non-hydrogen) atoms. The number of carbonyl (C=O) groups excluding carboxylic acids is 3. The minimum atomic E-state index is -0.307. The number of nitrogens with one attached hydrogen (secondary N) is 2. The Balaban J connectivity index is 1.92. The fourth-order valence-electron chi connectivity index (χ4n) is 4.62. The summed E-state index contributed by atoms with van der Waals surface area (Å²) in [5.41, 5.74) is 0.739. The van der Waals surface area contributed by atoms with E-state index in [0.29, 0.717) is 18.9 Å². The molecule has 2 rings (SSSR count). The molecule has 7 heteroatoms. The van der Waals surface area contributed by atoms with Crippen LogP contribution in [-0.2, 0) is 14.4 Å². The van der Waals surface area contributed by atoms with Crippen molar-refractivity contribution in [3.8, 4) is 0 Å². The summed E-state index contributed by atoms with van der Waals surface area (Å²) in [4.78, 5) is 41.1. The minimum Gasteiger partial charge on any atom is -0.358 e. The fraction of sp³-hybridized carbons (Fsp3) is 0.679. The van der Waals surface area contributed by atoms with Crippen molar-refractivity contribution in [2.75, 3.05) is 25.0 Å². The Kier molecular flexibility index (Phi) is 11.6. The number of rotatable bonds is 13. The first-order valence-corrected chi connectivity index (χ1v) is 14.0. The number of amides is 3. The number of benzene rings is 1. The fourth-order valence-corrected chi connectivity index (χ4v) is 5.83. The first-order chi connectivity index (χ1) is 16.6. The summed E-state index contributed by atoms with van der Waals surface area (Å²) in [6.07, 6.45) is 6.28. The SMILES string of the molecule is CCCCNC(=O)[C@@H](CCCCC(C)(C)CC(=O)N1CC(C(=O)NC)Sc2ccccc21)C(C)C. The van der Waals surface area contributed by atoms with Gasteiger partial charge in [-0.15, -0.1) is 11.8 Å². The van der Waals surface area contributed by atoms with Gasteiger partial charge in [-0.1, -0.05) is 66.0 Å². The minimum absolute atomic E-state index is 0.0422. The first kappa shape index (κ1) is 29.2. The smallest absolute Gasteiger partial charge is 0.235 e. The van der Waals surface area contributed by atoms with Crippen LogP contribution in [-0.4, -0.2) is 43.1 Å². The largest absolute Gasteiger partial charge is 0.358 e. The molecule has 1 heterocycles. The second-order valence-corrected chi connectivity index (χ2v) is 12.0. The van der Waals surface area contributed by atoms with Crippen LogP contribution in [0.5, 0.6) is 0 Å². The Morgan fingerprint density at radius 2 is 1.86 bits per heavy atom. The van der Waals surface area contributed by atoms with Crippen molar-refractivity contribution in [1.29, 1.82) is 0 Å². The molecule has 1 aliphatic rings. The molecule has 1 unspecified atom stereocenters. The molecule has 3 amide bonds. The lowest BCUT2D eigenvalue weighted by molar-refractivity contribution is -0.126. The van der Waals surface area contributed by atoms with Gasteiger partial charge in [0.05, 0.1) is 5.69 Å². The molecule has 1 aromatic rings. The van der Waals surface area contributed by atoms with Crippen molar-refractivity contribution in [2.24, 2.45) is 17.3 Å². The molecule has 6 nitrogen and oxygen atoms in total. The first-order valence-electron chi connectivity index (χ1n) is 13.1. The average Bonchev–Trinajstić information content (AvgIpc) is 2.82. The maximum absolute atomic E-state index is 13.4. The molecule has 0 aromatic heterocycles. The lowest BCUT2D eigenvalue weighted by atomic mass is 9.81. The van der Waals surface area contributed by atoms with Crippen molar-refractivity contribution in [3.63, 3.8) is 0 Å². The zero-order valence-corrected chi connectivity index (χ0v) is 23.3. The van der Waals surface area contributed by atoms with Crippen molar-refractivity contribution in [1.82, 2.24) is 10.6 Å². The second kappa shape index (κ2) is 13.9. The van der Waals surface area contributed by atoms with E-state index in [9.17, 15) is 14.4 Å². The average molecular weight is 504 g/mol. The third kappa shape index (κ3) is 8.85. The number of hydrogen-bond donors (Lipinski definition) is 2. The summed E-state index contributed by atoms with van der Waals surface area (Å²) >= 11 is 1.52. The quantitative estimate of drug-likeness (QED) is 0.353. The maximum atomic E-state index is 13.4. The van der Waals surface area contributed by atoms with Gasteiger partial charge >= 0.3 is 0 Å². The van der Waals surface area contributed by atoms with Crippen LogP contribution in [0.3, 0.4) is 0 Å². The van der Waals surface area contributed by atoms with Crippen LogP contribution in [0.1, 0.15) is 79.6 Å².